The molecule has 0 aromatic rings. The Hall–Kier alpha value is -0.120. The van der Waals surface area contributed by atoms with Crippen molar-refractivity contribution < 1.29 is 14.6 Å². The van der Waals surface area contributed by atoms with Crippen molar-refractivity contribution in [3.05, 3.63) is 0 Å². The zero-order valence-corrected chi connectivity index (χ0v) is 10.6. The van der Waals surface area contributed by atoms with E-state index in [4.69, 9.17) is 9.47 Å². The van der Waals surface area contributed by atoms with Crippen LogP contribution in [0.5, 0.6) is 0 Å². The van der Waals surface area contributed by atoms with Crippen molar-refractivity contribution in [3.63, 3.8) is 0 Å². The lowest BCUT2D eigenvalue weighted by atomic mass is 9.76. The molecule has 3 aliphatic rings. The van der Waals surface area contributed by atoms with Gasteiger partial charge in [0.25, 0.3) is 0 Å². The van der Waals surface area contributed by atoms with Gasteiger partial charge in [0, 0.05) is 12.8 Å². The van der Waals surface area contributed by atoms with Crippen LogP contribution in [-0.2, 0) is 9.47 Å². The van der Waals surface area contributed by atoms with Crippen molar-refractivity contribution in [1.82, 2.24) is 0 Å². The van der Waals surface area contributed by atoms with Gasteiger partial charge >= 0.3 is 0 Å². The van der Waals surface area contributed by atoms with E-state index >= 15 is 0 Å². The van der Waals surface area contributed by atoms with Gasteiger partial charge in [-0.05, 0) is 25.2 Å². The van der Waals surface area contributed by atoms with Crippen LogP contribution in [0.2, 0.25) is 0 Å². The maximum atomic E-state index is 10.7. The van der Waals surface area contributed by atoms with Crippen LogP contribution in [0.15, 0.2) is 0 Å². The van der Waals surface area contributed by atoms with Gasteiger partial charge in [-0.3, -0.25) is 0 Å². The third-order valence-corrected chi connectivity index (χ3v) is 4.90. The molecule has 98 valence electrons. The molecule has 1 saturated heterocycles. The largest absolute Gasteiger partial charge is 0.390 e. The Balaban J connectivity index is 1.55. The van der Waals surface area contributed by atoms with Crippen molar-refractivity contribution in [2.75, 3.05) is 13.2 Å². The fourth-order valence-corrected chi connectivity index (χ4v) is 3.84. The molecule has 1 aliphatic heterocycles. The molecule has 3 heteroatoms. The Morgan fingerprint density at radius 2 is 1.53 bits per heavy atom. The first-order valence-electron chi connectivity index (χ1n) is 7.20. The van der Waals surface area contributed by atoms with Crippen molar-refractivity contribution in [2.45, 2.75) is 69.2 Å². The molecule has 17 heavy (non-hydrogen) atoms. The number of rotatable bonds is 2. The van der Waals surface area contributed by atoms with Gasteiger partial charge in [-0.1, -0.05) is 25.7 Å². The zero-order chi connectivity index (χ0) is 11.8. The molecule has 0 aromatic heterocycles. The molecule has 0 bridgehead atoms. The van der Waals surface area contributed by atoms with E-state index in [1.165, 1.54) is 25.7 Å². The number of hydrogen-bond acceptors (Lipinski definition) is 3. The summed E-state index contributed by atoms with van der Waals surface area (Å²) in [6.45, 7) is 1.45. The summed E-state index contributed by atoms with van der Waals surface area (Å²) >= 11 is 0. The Morgan fingerprint density at radius 3 is 2.12 bits per heavy atom. The average Bonchev–Trinajstić information content (AvgIpc) is 2.96. The van der Waals surface area contributed by atoms with Gasteiger partial charge in [-0.25, -0.2) is 0 Å². The van der Waals surface area contributed by atoms with E-state index in [0.717, 1.165) is 51.2 Å². The third-order valence-electron chi connectivity index (χ3n) is 4.90. The van der Waals surface area contributed by atoms with Gasteiger partial charge in [0.2, 0.25) is 0 Å². The highest BCUT2D eigenvalue weighted by Crippen LogP contribution is 2.44. The molecule has 2 saturated carbocycles. The predicted octanol–water partition coefficient (Wildman–Crippen LogP) is 2.61. The molecule has 1 spiro atoms. The minimum Gasteiger partial charge on any atom is -0.390 e. The second-order valence-corrected chi connectivity index (χ2v) is 6.19. The van der Waals surface area contributed by atoms with Crippen LogP contribution in [0.1, 0.15) is 57.8 Å². The van der Waals surface area contributed by atoms with Crippen molar-refractivity contribution in [2.24, 2.45) is 5.92 Å². The highest BCUT2D eigenvalue weighted by molar-refractivity contribution is 4.93. The SMILES string of the molecule is OC1(CC2CCCC2)CCC2(CC1)OCCO2. The summed E-state index contributed by atoms with van der Waals surface area (Å²) in [5.74, 6) is 0.432. The van der Waals surface area contributed by atoms with E-state index in [9.17, 15) is 5.11 Å². The lowest BCUT2D eigenvalue weighted by Crippen LogP contribution is -2.44. The maximum absolute atomic E-state index is 10.7. The van der Waals surface area contributed by atoms with E-state index in [2.05, 4.69) is 0 Å². The summed E-state index contributed by atoms with van der Waals surface area (Å²) in [6, 6.07) is 0. The van der Waals surface area contributed by atoms with Crippen LogP contribution in [0.3, 0.4) is 0 Å². The van der Waals surface area contributed by atoms with Gasteiger partial charge < -0.3 is 14.6 Å². The molecule has 1 heterocycles. The molecular weight excluding hydrogens is 216 g/mol. The molecule has 0 aromatic carbocycles. The van der Waals surface area contributed by atoms with Gasteiger partial charge in [0.15, 0.2) is 5.79 Å². The normalized spacial score (nSPS) is 32.3. The molecule has 3 nitrogen and oxygen atoms in total. The van der Waals surface area contributed by atoms with Crippen molar-refractivity contribution >= 4 is 0 Å². The quantitative estimate of drug-likeness (QED) is 0.806. The summed E-state index contributed by atoms with van der Waals surface area (Å²) in [7, 11) is 0. The zero-order valence-electron chi connectivity index (χ0n) is 10.6. The van der Waals surface area contributed by atoms with Crippen molar-refractivity contribution in [3.8, 4) is 0 Å². The number of ether oxygens (including phenoxy) is 2. The molecule has 0 amide bonds. The lowest BCUT2D eigenvalue weighted by Gasteiger charge is -2.41. The third kappa shape index (κ3) is 2.51. The van der Waals surface area contributed by atoms with Crippen LogP contribution >= 0.6 is 0 Å². The van der Waals surface area contributed by atoms with E-state index in [1.54, 1.807) is 0 Å². The van der Waals surface area contributed by atoms with E-state index in [-0.39, 0.29) is 5.79 Å². The summed E-state index contributed by atoms with van der Waals surface area (Å²) < 4.78 is 11.4. The van der Waals surface area contributed by atoms with Crippen LogP contribution in [0.4, 0.5) is 0 Å². The molecule has 0 radical (unpaired) electrons. The molecule has 0 atom stereocenters. The first-order chi connectivity index (χ1) is 8.20. The Morgan fingerprint density at radius 1 is 0.941 bits per heavy atom. The average molecular weight is 240 g/mol. The first-order valence-corrected chi connectivity index (χ1v) is 7.20. The van der Waals surface area contributed by atoms with Gasteiger partial charge in [0.05, 0.1) is 18.8 Å². The number of hydrogen-bond donors (Lipinski definition) is 1. The van der Waals surface area contributed by atoms with Crippen LogP contribution in [-0.4, -0.2) is 29.7 Å². The Bertz CT molecular complexity index is 255. The second kappa shape index (κ2) is 4.52. The molecule has 1 N–H and O–H groups in total. The first kappa shape index (κ1) is 11.9. The fraction of sp³-hybridized carbons (Fsp3) is 1.00. The van der Waals surface area contributed by atoms with E-state index in [0.29, 0.717) is 0 Å². The smallest absolute Gasteiger partial charge is 0.168 e. The summed E-state index contributed by atoms with van der Waals surface area (Å²) in [5, 5.41) is 10.7. The van der Waals surface area contributed by atoms with Gasteiger partial charge in [-0.15, -0.1) is 0 Å². The Labute approximate surface area is 103 Å². The molecular formula is C14H24O3. The summed E-state index contributed by atoms with van der Waals surface area (Å²) in [6.07, 6.45) is 9.80. The second-order valence-electron chi connectivity index (χ2n) is 6.19. The Kier molecular flexibility index (Phi) is 3.18. The maximum Gasteiger partial charge on any atom is 0.168 e. The molecule has 3 rings (SSSR count). The van der Waals surface area contributed by atoms with Gasteiger partial charge in [0.1, 0.15) is 0 Å². The minimum atomic E-state index is -0.435. The van der Waals surface area contributed by atoms with Crippen LogP contribution in [0.25, 0.3) is 0 Å². The summed E-state index contributed by atoms with van der Waals surface area (Å²) in [5.41, 5.74) is -0.435. The standard InChI is InChI=1S/C14H24O3/c15-13(11-12-3-1-2-4-12)5-7-14(8-6-13)16-9-10-17-14/h12,15H,1-11H2. The molecule has 2 aliphatic carbocycles. The fourth-order valence-electron chi connectivity index (χ4n) is 3.84. The van der Waals surface area contributed by atoms with Crippen LogP contribution < -0.4 is 0 Å². The topological polar surface area (TPSA) is 38.7 Å². The lowest BCUT2D eigenvalue weighted by molar-refractivity contribution is -0.204. The minimum absolute atomic E-state index is 0.331. The number of aliphatic hydroxyl groups is 1. The van der Waals surface area contributed by atoms with E-state index < -0.39 is 5.60 Å². The van der Waals surface area contributed by atoms with Gasteiger partial charge in [-0.2, -0.15) is 0 Å². The highest BCUT2D eigenvalue weighted by atomic mass is 16.7. The molecule has 3 fully saturated rings. The highest BCUT2D eigenvalue weighted by Gasteiger charge is 2.46. The van der Waals surface area contributed by atoms with Crippen molar-refractivity contribution in [1.29, 1.82) is 0 Å². The summed E-state index contributed by atoms with van der Waals surface area (Å²) in [4.78, 5) is 0. The monoisotopic (exact) mass is 240 g/mol. The van der Waals surface area contributed by atoms with Crippen LogP contribution in [0, 0.1) is 5.92 Å². The molecule has 0 unspecified atom stereocenters. The van der Waals surface area contributed by atoms with E-state index in [1.807, 2.05) is 0 Å². The predicted molar refractivity (Wildman–Crippen MR) is 64.6 cm³/mol.